The molecule has 0 amide bonds. The van der Waals surface area contributed by atoms with Gasteiger partial charge >= 0.3 is 0 Å². The van der Waals surface area contributed by atoms with Crippen molar-refractivity contribution in [2.45, 2.75) is 26.9 Å². The Kier molecular flexibility index (Phi) is 8.02. The van der Waals surface area contributed by atoms with Gasteiger partial charge in [0.15, 0.2) is 17.4 Å². The number of likely N-dealkylation sites (N-methyl/N-ethyl adjacent to an activating group) is 1. The van der Waals surface area contributed by atoms with Gasteiger partial charge in [0.05, 0.1) is 6.54 Å². The zero-order valence-electron chi connectivity index (χ0n) is 18.0. The van der Waals surface area contributed by atoms with Crippen LogP contribution in [0.2, 0.25) is 0 Å². The number of nitrogens with one attached hydrogen (secondary N) is 2. The van der Waals surface area contributed by atoms with Gasteiger partial charge in [-0.15, -0.1) is 10.2 Å². The average molecular weight is 410 g/mol. The first kappa shape index (κ1) is 21.6. The Morgan fingerprint density at radius 2 is 1.80 bits per heavy atom. The second-order valence-electron chi connectivity index (χ2n) is 6.81. The first-order valence-electron chi connectivity index (χ1n) is 10.4. The molecule has 1 aromatic carbocycles. The molecule has 0 saturated carbocycles. The summed E-state index contributed by atoms with van der Waals surface area (Å²) in [6, 6.07) is 13.9. The highest BCUT2D eigenvalue weighted by molar-refractivity contribution is 5.79. The lowest BCUT2D eigenvalue weighted by molar-refractivity contribution is 0.221. The number of hydrogen-bond acceptors (Lipinski definition) is 5. The minimum Gasteiger partial charge on any atom is -0.492 e. The number of nitrogens with zero attached hydrogens (tertiary/aromatic N) is 5. The summed E-state index contributed by atoms with van der Waals surface area (Å²) in [5, 5.41) is 15.1. The molecule has 2 heterocycles. The molecule has 3 rings (SSSR count). The van der Waals surface area contributed by atoms with E-state index in [-0.39, 0.29) is 0 Å². The standard InChI is InChI=1S/C22H31N7O/c1-4-28(5-2)14-15-30-19-11-7-6-10-18(19)16-24-22(23-3)25-17-21-27-26-20-12-8-9-13-29(20)21/h6-13H,4-5,14-17H2,1-3H3,(H2,23,24,25). The number of guanidine groups is 1. The lowest BCUT2D eigenvalue weighted by Crippen LogP contribution is -2.36. The Balaban J connectivity index is 1.53. The molecule has 8 heteroatoms. The maximum absolute atomic E-state index is 6.04. The smallest absolute Gasteiger partial charge is 0.191 e. The van der Waals surface area contributed by atoms with Crippen LogP contribution in [0.3, 0.4) is 0 Å². The largest absolute Gasteiger partial charge is 0.492 e. The van der Waals surface area contributed by atoms with Gasteiger partial charge in [0, 0.05) is 31.9 Å². The zero-order chi connectivity index (χ0) is 21.2. The van der Waals surface area contributed by atoms with Crippen molar-refractivity contribution in [2.75, 3.05) is 33.3 Å². The number of benzene rings is 1. The van der Waals surface area contributed by atoms with Crippen molar-refractivity contribution in [1.29, 1.82) is 0 Å². The molecule has 0 saturated heterocycles. The number of ether oxygens (including phenoxy) is 1. The van der Waals surface area contributed by atoms with E-state index in [4.69, 9.17) is 4.74 Å². The topological polar surface area (TPSA) is 79.1 Å². The van der Waals surface area contributed by atoms with Gasteiger partial charge in [-0.2, -0.15) is 0 Å². The molecule has 8 nitrogen and oxygen atoms in total. The van der Waals surface area contributed by atoms with E-state index in [1.165, 1.54) is 0 Å². The first-order valence-corrected chi connectivity index (χ1v) is 10.4. The average Bonchev–Trinajstić information content (AvgIpc) is 3.21. The van der Waals surface area contributed by atoms with Crippen molar-refractivity contribution in [3.63, 3.8) is 0 Å². The number of aromatic nitrogens is 3. The van der Waals surface area contributed by atoms with Gasteiger partial charge in [0.25, 0.3) is 0 Å². The first-order chi connectivity index (χ1) is 14.7. The quantitative estimate of drug-likeness (QED) is 0.395. The van der Waals surface area contributed by atoms with E-state index in [1.54, 1.807) is 7.05 Å². The molecule has 0 radical (unpaired) electrons. The minimum atomic E-state index is 0.521. The summed E-state index contributed by atoms with van der Waals surface area (Å²) in [5.41, 5.74) is 1.92. The SMILES string of the molecule is CCN(CC)CCOc1ccccc1CNC(=NC)NCc1nnc2ccccn12. The summed E-state index contributed by atoms with van der Waals surface area (Å²) < 4.78 is 8.00. The molecule has 0 aliphatic heterocycles. The van der Waals surface area contributed by atoms with Gasteiger partial charge in [-0.05, 0) is 31.3 Å². The molecule has 0 spiro atoms. The third kappa shape index (κ3) is 5.70. The lowest BCUT2D eigenvalue weighted by Gasteiger charge is -2.19. The summed E-state index contributed by atoms with van der Waals surface area (Å²) in [4.78, 5) is 6.66. The highest BCUT2D eigenvalue weighted by Gasteiger charge is 2.08. The van der Waals surface area contributed by atoms with Gasteiger partial charge in [-0.25, -0.2) is 0 Å². The van der Waals surface area contributed by atoms with E-state index in [0.717, 1.165) is 42.4 Å². The summed E-state index contributed by atoms with van der Waals surface area (Å²) in [6.07, 6.45) is 1.95. The highest BCUT2D eigenvalue weighted by Crippen LogP contribution is 2.17. The van der Waals surface area contributed by atoms with Crippen molar-refractivity contribution < 1.29 is 4.74 Å². The van der Waals surface area contributed by atoms with Crippen LogP contribution in [0.4, 0.5) is 0 Å². The van der Waals surface area contributed by atoms with E-state index < -0.39 is 0 Å². The van der Waals surface area contributed by atoms with E-state index in [0.29, 0.717) is 25.7 Å². The molecule has 2 aromatic heterocycles. The predicted octanol–water partition coefficient (Wildman–Crippen LogP) is 2.32. The Morgan fingerprint density at radius 1 is 1.03 bits per heavy atom. The van der Waals surface area contributed by atoms with Crippen LogP contribution in [0.25, 0.3) is 5.65 Å². The molecule has 0 bridgehead atoms. The number of fused-ring (bicyclic) bond motifs is 1. The molecule has 0 aliphatic carbocycles. The van der Waals surface area contributed by atoms with E-state index in [2.05, 4.69) is 50.6 Å². The second kappa shape index (κ2) is 11.2. The fourth-order valence-corrected chi connectivity index (χ4v) is 3.19. The van der Waals surface area contributed by atoms with E-state index in [9.17, 15) is 0 Å². The molecule has 160 valence electrons. The second-order valence-corrected chi connectivity index (χ2v) is 6.81. The lowest BCUT2D eigenvalue weighted by atomic mass is 10.2. The van der Waals surface area contributed by atoms with Crippen molar-refractivity contribution in [3.8, 4) is 5.75 Å². The van der Waals surface area contributed by atoms with Crippen LogP contribution in [0.15, 0.2) is 53.7 Å². The Hall–Kier alpha value is -3.13. The summed E-state index contributed by atoms with van der Waals surface area (Å²) in [7, 11) is 1.75. The maximum atomic E-state index is 6.04. The molecular formula is C22H31N7O. The molecule has 0 unspecified atom stereocenters. The van der Waals surface area contributed by atoms with Gasteiger partial charge < -0.3 is 20.3 Å². The fourth-order valence-electron chi connectivity index (χ4n) is 3.19. The van der Waals surface area contributed by atoms with Gasteiger partial charge in [0.1, 0.15) is 12.4 Å². The van der Waals surface area contributed by atoms with Crippen LogP contribution in [-0.4, -0.2) is 58.7 Å². The monoisotopic (exact) mass is 409 g/mol. The maximum Gasteiger partial charge on any atom is 0.191 e. The summed E-state index contributed by atoms with van der Waals surface area (Å²) in [6.45, 7) is 9.13. The number of hydrogen-bond donors (Lipinski definition) is 2. The van der Waals surface area contributed by atoms with Crippen molar-refractivity contribution >= 4 is 11.6 Å². The Morgan fingerprint density at radius 3 is 2.60 bits per heavy atom. The van der Waals surface area contributed by atoms with E-state index >= 15 is 0 Å². The van der Waals surface area contributed by atoms with Crippen LogP contribution < -0.4 is 15.4 Å². The zero-order valence-corrected chi connectivity index (χ0v) is 18.0. The third-order valence-electron chi connectivity index (χ3n) is 5.00. The summed E-state index contributed by atoms with van der Waals surface area (Å²) in [5.74, 6) is 2.42. The molecule has 2 N–H and O–H groups in total. The number of rotatable bonds is 10. The highest BCUT2D eigenvalue weighted by atomic mass is 16.5. The van der Waals surface area contributed by atoms with Crippen LogP contribution >= 0.6 is 0 Å². The molecule has 0 fully saturated rings. The summed E-state index contributed by atoms with van der Waals surface area (Å²) >= 11 is 0. The Bertz CT molecular complexity index is 949. The predicted molar refractivity (Wildman–Crippen MR) is 120 cm³/mol. The normalized spacial score (nSPS) is 11.8. The van der Waals surface area contributed by atoms with Crippen LogP contribution in [0, 0.1) is 0 Å². The van der Waals surface area contributed by atoms with Crippen LogP contribution in [0.1, 0.15) is 25.2 Å². The Labute approximate surface area is 178 Å². The number of aliphatic imine (C=N–C) groups is 1. The third-order valence-corrected chi connectivity index (χ3v) is 5.00. The number of para-hydroxylation sites is 1. The molecular weight excluding hydrogens is 378 g/mol. The number of pyridine rings is 1. The van der Waals surface area contributed by atoms with Crippen molar-refractivity contribution in [1.82, 2.24) is 30.1 Å². The van der Waals surface area contributed by atoms with Gasteiger partial charge in [-0.3, -0.25) is 9.39 Å². The van der Waals surface area contributed by atoms with Crippen LogP contribution in [0.5, 0.6) is 5.75 Å². The molecule has 0 atom stereocenters. The van der Waals surface area contributed by atoms with E-state index in [1.807, 2.05) is 47.0 Å². The molecule has 0 aliphatic rings. The molecule has 30 heavy (non-hydrogen) atoms. The van der Waals surface area contributed by atoms with Gasteiger partial charge in [0.2, 0.25) is 0 Å². The van der Waals surface area contributed by atoms with Gasteiger partial charge in [-0.1, -0.05) is 38.1 Å². The van der Waals surface area contributed by atoms with Crippen LogP contribution in [-0.2, 0) is 13.1 Å². The fraction of sp³-hybridized carbons (Fsp3) is 0.409. The molecule has 3 aromatic rings. The van der Waals surface area contributed by atoms with Crippen molar-refractivity contribution in [3.05, 3.63) is 60.0 Å². The minimum absolute atomic E-state index is 0.521. The van der Waals surface area contributed by atoms with Crippen molar-refractivity contribution in [2.24, 2.45) is 4.99 Å².